The van der Waals surface area contributed by atoms with Crippen molar-refractivity contribution in [2.24, 2.45) is 5.41 Å². The van der Waals surface area contributed by atoms with Crippen molar-refractivity contribution in [2.75, 3.05) is 13.6 Å². The van der Waals surface area contributed by atoms with E-state index in [9.17, 15) is 4.79 Å². The molecule has 1 saturated carbocycles. The van der Waals surface area contributed by atoms with E-state index in [0.29, 0.717) is 5.78 Å². The van der Waals surface area contributed by atoms with Crippen LogP contribution in [0.1, 0.15) is 52.9 Å². The Labute approximate surface area is 94.0 Å². The number of rotatable bonds is 2. The Morgan fingerprint density at radius 2 is 1.93 bits per heavy atom. The van der Waals surface area contributed by atoms with Gasteiger partial charge in [0.1, 0.15) is 5.78 Å². The summed E-state index contributed by atoms with van der Waals surface area (Å²) >= 11 is 0. The van der Waals surface area contributed by atoms with Crippen molar-refractivity contribution in [2.45, 2.75) is 58.9 Å². The zero-order valence-electron chi connectivity index (χ0n) is 10.7. The van der Waals surface area contributed by atoms with Crippen molar-refractivity contribution in [3.63, 3.8) is 0 Å². The molecule has 0 saturated heterocycles. The van der Waals surface area contributed by atoms with E-state index in [-0.39, 0.29) is 11.5 Å². The Bertz CT molecular complexity index is 217. The molecule has 0 N–H and O–H groups in total. The summed E-state index contributed by atoms with van der Waals surface area (Å²) in [6.45, 7) is 7.68. The first-order chi connectivity index (χ1) is 6.90. The molecule has 0 aliphatic heterocycles. The Morgan fingerprint density at radius 1 is 1.27 bits per heavy atom. The van der Waals surface area contributed by atoms with Gasteiger partial charge in [-0.1, -0.05) is 33.6 Å². The molecule has 0 amide bonds. The van der Waals surface area contributed by atoms with Crippen LogP contribution < -0.4 is 0 Å². The second kappa shape index (κ2) is 5.11. The molecule has 0 spiro atoms. The van der Waals surface area contributed by atoms with Crippen LogP contribution in [0.4, 0.5) is 0 Å². The summed E-state index contributed by atoms with van der Waals surface area (Å²) in [7, 11) is 2.10. The molecular weight excluding hydrogens is 186 g/mol. The van der Waals surface area contributed by atoms with Gasteiger partial charge in [-0.05, 0) is 25.3 Å². The third-order valence-electron chi connectivity index (χ3n) is 3.03. The van der Waals surface area contributed by atoms with Crippen molar-refractivity contribution in [3.05, 3.63) is 0 Å². The lowest BCUT2D eigenvalue weighted by Crippen LogP contribution is -2.42. The molecule has 0 aromatic rings. The summed E-state index contributed by atoms with van der Waals surface area (Å²) in [5, 5.41) is 0. The number of hydrogen-bond acceptors (Lipinski definition) is 2. The smallest absolute Gasteiger partial charge is 0.149 e. The predicted octanol–water partition coefficient (Wildman–Crippen LogP) is 2.87. The number of hydrogen-bond donors (Lipinski definition) is 0. The highest BCUT2D eigenvalue weighted by atomic mass is 16.1. The first kappa shape index (κ1) is 12.7. The molecule has 2 nitrogen and oxygen atoms in total. The van der Waals surface area contributed by atoms with Gasteiger partial charge >= 0.3 is 0 Å². The standard InChI is InChI=1S/C13H25NO/c1-13(2,3)10-14(4)11-8-6-5-7-9-12(11)15/h11H,5-10H2,1-4H3. The minimum Gasteiger partial charge on any atom is -0.298 e. The maximum atomic E-state index is 11.9. The lowest BCUT2D eigenvalue weighted by atomic mass is 9.94. The molecule has 1 fully saturated rings. The van der Waals surface area contributed by atoms with Crippen LogP contribution in [0.3, 0.4) is 0 Å². The average molecular weight is 211 g/mol. The van der Waals surface area contributed by atoms with Gasteiger partial charge in [-0.15, -0.1) is 0 Å². The van der Waals surface area contributed by atoms with Gasteiger partial charge in [-0.25, -0.2) is 0 Å². The SMILES string of the molecule is CN(CC(C)(C)C)C1CCCCCC1=O. The maximum Gasteiger partial charge on any atom is 0.149 e. The van der Waals surface area contributed by atoms with Crippen LogP contribution in [0.15, 0.2) is 0 Å². The van der Waals surface area contributed by atoms with Crippen LogP contribution in [0.5, 0.6) is 0 Å². The fraction of sp³-hybridized carbons (Fsp3) is 0.923. The Morgan fingerprint density at radius 3 is 2.53 bits per heavy atom. The van der Waals surface area contributed by atoms with Crippen LogP contribution in [-0.4, -0.2) is 30.3 Å². The van der Waals surface area contributed by atoms with Gasteiger partial charge in [-0.2, -0.15) is 0 Å². The first-order valence-corrected chi connectivity index (χ1v) is 6.13. The number of Topliss-reactive ketones (excluding diaryl/α,β-unsaturated/α-hetero) is 1. The number of nitrogens with zero attached hydrogens (tertiary/aromatic N) is 1. The van der Waals surface area contributed by atoms with Gasteiger partial charge in [-0.3, -0.25) is 9.69 Å². The number of carbonyl (C=O) groups is 1. The van der Waals surface area contributed by atoms with E-state index in [4.69, 9.17) is 0 Å². The van der Waals surface area contributed by atoms with E-state index < -0.39 is 0 Å². The minimum atomic E-state index is 0.187. The van der Waals surface area contributed by atoms with Crippen molar-refractivity contribution >= 4 is 5.78 Å². The van der Waals surface area contributed by atoms with Crippen LogP contribution in [0, 0.1) is 5.41 Å². The molecule has 0 bridgehead atoms. The summed E-state index contributed by atoms with van der Waals surface area (Å²) in [5.41, 5.74) is 0.279. The lowest BCUT2D eigenvalue weighted by molar-refractivity contribution is -0.124. The van der Waals surface area contributed by atoms with Crippen molar-refractivity contribution in [1.29, 1.82) is 0 Å². The molecule has 1 aliphatic rings. The summed E-state index contributed by atoms with van der Waals surface area (Å²) < 4.78 is 0. The van der Waals surface area contributed by atoms with Gasteiger partial charge in [0.05, 0.1) is 6.04 Å². The Kier molecular flexibility index (Phi) is 4.32. The number of likely N-dealkylation sites (N-methyl/N-ethyl adjacent to an activating group) is 1. The van der Waals surface area contributed by atoms with Gasteiger partial charge < -0.3 is 0 Å². The van der Waals surface area contributed by atoms with E-state index in [1.807, 2.05) is 0 Å². The molecule has 88 valence electrons. The van der Waals surface area contributed by atoms with E-state index >= 15 is 0 Å². The molecule has 0 aromatic carbocycles. The quantitative estimate of drug-likeness (QED) is 0.655. The highest BCUT2D eigenvalue weighted by Gasteiger charge is 2.26. The second-order valence-electron chi connectivity index (χ2n) is 6.06. The fourth-order valence-electron chi connectivity index (χ4n) is 2.47. The van der Waals surface area contributed by atoms with E-state index in [2.05, 4.69) is 32.7 Å². The van der Waals surface area contributed by atoms with Crippen LogP contribution >= 0.6 is 0 Å². The largest absolute Gasteiger partial charge is 0.298 e. The molecule has 2 heteroatoms. The Balaban J connectivity index is 2.56. The van der Waals surface area contributed by atoms with Gasteiger partial charge in [0.25, 0.3) is 0 Å². The molecule has 0 aromatic heterocycles. The van der Waals surface area contributed by atoms with Crippen molar-refractivity contribution in [3.8, 4) is 0 Å². The molecular formula is C13H25NO. The van der Waals surface area contributed by atoms with Gasteiger partial charge in [0.2, 0.25) is 0 Å². The minimum absolute atomic E-state index is 0.187. The average Bonchev–Trinajstić information content (AvgIpc) is 2.26. The van der Waals surface area contributed by atoms with Crippen LogP contribution in [0.2, 0.25) is 0 Å². The topological polar surface area (TPSA) is 20.3 Å². The fourth-order valence-corrected chi connectivity index (χ4v) is 2.47. The molecule has 0 radical (unpaired) electrons. The molecule has 1 rings (SSSR count). The highest BCUT2D eigenvalue weighted by Crippen LogP contribution is 2.22. The number of ketones is 1. The lowest BCUT2D eigenvalue weighted by Gasteiger charge is -2.32. The molecule has 1 aliphatic carbocycles. The second-order valence-corrected chi connectivity index (χ2v) is 6.06. The highest BCUT2D eigenvalue weighted by molar-refractivity contribution is 5.84. The molecule has 15 heavy (non-hydrogen) atoms. The molecule has 1 atom stereocenters. The van der Waals surface area contributed by atoms with Crippen molar-refractivity contribution in [1.82, 2.24) is 4.90 Å². The summed E-state index contributed by atoms with van der Waals surface area (Å²) in [4.78, 5) is 14.2. The molecule has 0 heterocycles. The van der Waals surface area contributed by atoms with Gasteiger partial charge in [0.15, 0.2) is 0 Å². The number of carbonyl (C=O) groups excluding carboxylic acids is 1. The van der Waals surface area contributed by atoms with Crippen LogP contribution in [0.25, 0.3) is 0 Å². The van der Waals surface area contributed by atoms with Crippen LogP contribution in [-0.2, 0) is 4.79 Å². The molecule has 1 unspecified atom stereocenters. The first-order valence-electron chi connectivity index (χ1n) is 6.13. The monoisotopic (exact) mass is 211 g/mol. The zero-order chi connectivity index (χ0) is 11.5. The predicted molar refractivity (Wildman–Crippen MR) is 64.0 cm³/mol. The third-order valence-corrected chi connectivity index (χ3v) is 3.03. The van der Waals surface area contributed by atoms with Gasteiger partial charge in [0, 0.05) is 13.0 Å². The summed E-state index contributed by atoms with van der Waals surface area (Å²) in [6, 6.07) is 0.187. The third kappa shape index (κ3) is 4.33. The zero-order valence-corrected chi connectivity index (χ0v) is 10.7. The normalized spacial score (nSPS) is 24.3. The van der Waals surface area contributed by atoms with E-state index in [1.54, 1.807) is 0 Å². The maximum absolute atomic E-state index is 11.9. The summed E-state index contributed by atoms with van der Waals surface area (Å²) in [6.07, 6.45) is 5.39. The van der Waals surface area contributed by atoms with E-state index in [1.165, 1.54) is 12.8 Å². The summed E-state index contributed by atoms with van der Waals surface area (Å²) in [5.74, 6) is 0.458. The van der Waals surface area contributed by atoms with E-state index in [0.717, 1.165) is 25.8 Å². The van der Waals surface area contributed by atoms with Crippen molar-refractivity contribution < 1.29 is 4.79 Å². The Hall–Kier alpha value is -0.370.